The van der Waals surface area contributed by atoms with Gasteiger partial charge in [0.15, 0.2) is 5.82 Å². The van der Waals surface area contributed by atoms with E-state index in [0.717, 1.165) is 78.7 Å². The molecule has 216 valence electrons. The molecule has 0 unspecified atom stereocenters. The second-order valence-electron chi connectivity index (χ2n) is 11.0. The molecule has 5 heterocycles. The summed E-state index contributed by atoms with van der Waals surface area (Å²) in [5.74, 6) is 2.82. The molecule has 4 aliphatic rings. The van der Waals surface area contributed by atoms with Gasteiger partial charge >= 0.3 is 0 Å². The summed E-state index contributed by atoms with van der Waals surface area (Å²) in [4.78, 5) is 19.1. The zero-order valence-electron chi connectivity index (χ0n) is 24.9. The van der Waals surface area contributed by atoms with Crippen LogP contribution in [0.5, 0.6) is 0 Å². The first-order valence-corrected chi connectivity index (χ1v) is 15.0. The van der Waals surface area contributed by atoms with Crippen molar-refractivity contribution < 1.29 is 0 Å². The summed E-state index contributed by atoms with van der Waals surface area (Å²) in [6.45, 7) is 15.0. The Balaban J connectivity index is 0.00000165. The number of aryl methyl sites for hydroxylation is 1. The van der Waals surface area contributed by atoms with Gasteiger partial charge in [-0.25, -0.2) is 15.0 Å². The Morgan fingerprint density at radius 2 is 2.02 bits per heavy atom. The standard InChI is InChI=1S/C30H37N9.C2H6/c1-4-20(17-26(31-3)35-22-9-16-39-23(18-22)7-13-34-39)28-36-25-19-33-12-8-24(21-5-6-21)27(25)29(37-28)38-30(2)10-14-32-15-11-30;1-2/h4,7,12-13,17-19,21,32,35H,3,5-6,8-11,14-16H2,1-2H3,(H,36,37,38);1-2H3/b20-4+,26-17+;. The zero-order valence-corrected chi connectivity index (χ0v) is 24.9. The molecule has 0 aromatic carbocycles. The summed E-state index contributed by atoms with van der Waals surface area (Å²) >= 11 is 0. The first-order chi connectivity index (χ1) is 20.0. The van der Waals surface area contributed by atoms with Gasteiger partial charge in [-0.15, -0.1) is 0 Å². The van der Waals surface area contributed by atoms with Crippen LogP contribution in [0.25, 0.3) is 23.4 Å². The van der Waals surface area contributed by atoms with Crippen LogP contribution in [-0.4, -0.2) is 51.3 Å². The lowest BCUT2D eigenvalue weighted by molar-refractivity contribution is 0.364. The fourth-order valence-electron chi connectivity index (χ4n) is 5.61. The van der Waals surface area contributed by atoms with Crippen LogP contribution < -0.4 is 26.5 Å². The third kappa shape index (κ3) is 6.56. The molecule has 1 aliphatic carbocycles. The predicted molar refractivity (Wildman–Crippen MR) is 170 cm³/mol. The van der Waals surface area contributed by atoms with E-state index in [0.29, 0.717) is 17.6 Å². The van der Waals surface area contributed by atoms with Gasteiger partial charge in [0.05, 0.1) is 17.2 Å². The summed E-state index contributed by atoms with van der Waals surface area (Å²) in [5.41, 5.74) is 4.40. The molecular formula is C32H43N9. The van der Waals surface area contributed by atoms with Gasteiger partial charge in [-0.3, -0.25) is 9.67 Å². The number of aliphatic imine (C=N–C) groups is 2. The van der Waals surface area contributed by atoms with Crippen molar-refractivity contribution in [2.24, 2.45) is 15.9 Å². The summed E-state index contributed by atoms with van der Waals surface area (Å²) in [7, 11) is 0. The second-order valence-corrected chi connectivity index (χ2v) is 11.0. The van der Waals surface area contributed by atoms with Crippen molar-refractivity contribution in [3.63, 3.8) is 0 Å². The molecule has 0 amide bonds. The van der Waals surface area contributed by atoms with Gasteiger partial charge in [0.2, 0.25) is 0 Å². The Morgan fingerprint density at radius 3 is 2.76 bits per heavy atom. The number of nitrogens with zero attached hydrogens (tertiary/aromatic N) is 6. The number of fused-ring (bicyclic) bond motifs is 2. The van der Waals surface area contributed by atoms with E-state index in [1.165, 1.54) is 18.4 Å². The maximum Gasteiger partial charge on any atom is 0.162 e. The topological polar surface area (TPSA) is 104 Å². The summed E-state index contributed by atoms with van der Waals surface area (Å²) in [6.07, 6.45) is 18.1. The molecule has 2 fully saturated rings. The predicted octanol–water partition coefficient (Wildman–Crippen LogP) is 4.01. The van der Waals surface area contributed by atoms with E-state index in [-0.39, 0.29) is 5.54 Å². The third-order valence-electron chi connectivity index (χ3n) is 8.05. The lowest BCUT2D eigenvalue weighted by atomic mass is 9.90. The van der Waals surface area contributed by atoms with Crippen LogP contribution in [-0.2, 0) is 6.54 Å². The van der Waals surface area contributed by atoms with Gasteiger partial charge in [0, 0.05) is 53.8 Å². The highest BCUT2D eigenvalue weighted by molar-refractivity contribution is 5.78. The summed E-state index contributed by atoms with van der Waals surface area (Å²) in [6, 6.07) is 2.01. The smallest absolute Gasteiger partial charge is 0.162 e. The molecule has 3 N–H and O–H groups in total. The number of hydrogen-bond acceptors (Lipinski definition) is 8. The van der Waals surface area contributed by atoms with Crippen molar-refractivity contribution in [1.82, 2.24) is 30.4 Å². The van der Waals surface area contributed by atoms with E-state index >= 15 is 0 Å². The molecule has 0 radical (unpaired) electrons. The van der Waals surface area contributed by atoms with Crippen LogP contribution in [0.3, 0.4) is 0 Å². The number of piperidine rings is 1. The van der Waals surface area contributed by atoms with Crippen LogP contribution in [0.1, 0.15) is 77.7 Å². The van der Waals surface area contributed by atoms with E-state index in [1.807, 2.05) is 62.3 Å². The molecule has 6 rings (SSSR count). The van der Waals surface area contributed by atoms with Gasteiger partial charge in [-0.1, -0.05) is 19.9 Å². The minimum absolute atomic E-state index is 0.0340. The number of anilines is 1. The maximum atomic E-state index is 5.19. The summed E-state index contributed by atoms with van der Waals surface area (Å²) < 4.78 is 2.00. The molecule has 2 aromatic rings. The van der Waals surface area contributed by atoms with Gasteiger partial charge in [0.25, 0.3) is 0 Å². The van der Waals surface area contributed by atoms with Crippen LogP contribution in [0.2, 0.25) is 0 Å². The average molecular weight is 554 g/mol. The molecule has 0 atom stereocenters. The van der Waals surface area contributed by atoms with Crippen molar-refractivity contribution in [3.8, 4) is 0 Å². The highest BCUT2D eigenvalue weighted by Gasteiger charge is 2.31. The van der Waals surface area contributed by atoms with E-state index in [9.17, 15) is 0 Å². The largest absolute Gasteiger partial charge is 0.364 e. The Hall–Kier alpha value is -3.85. The van der Waals surface area contributed by atoms with Crippen molar-refractivity contribution in [2.75, 3.05) is 18.4 Å². The summed E-state index contributed by atoms with van der Waals surface area (Å²) in [5, 5.41) is 17.2. The van der Waals surface area contributed by atoms with Gasteiger partial charge in [-0.2, -0.15) is 5.10 Å². The van der Waals surface area contributed by atoms with E-state index in [2.05, 4.69) is 50.8 Å². The lowest BCUT2D eigenvalue weighted by Gasteiger charge is -2.35. The number of allylic oxidation sites excluding steroid dienone is 4. The normalized spacial score (nSPS) is 19.9. The average Bonchev–Trinajstić information content (AvgIpc) is 3.76. The Morgan fingerprint density at radius 1 is 1.22 bits per heavy atom. The number of rotatable bonds is 8. The van der Waals surface area contributed by atoms with Crippen LogP contribution in [0.4, 0.5) is 5.82 Å². The van der Waals surface area contributed by atoms with E-state index in [4.69, 9.17) is 9.97 Å². The van der Waals surface area contributed by atoms with Crippen LogP contribution in [0.15, 0.2) is 45.9 Å². The highest BCUT2D eigenvalue weighted by Crippen LogP contribution is 2.38. The molecule has 9 heteroatoms. The molecule has 1 saturated heterocycles. The zero-order chi connectivity index (χ0) is 28.8. The Kier molecular flexibility index (Phi) is 8.93. The number of hydrogen-bond donors (Lipinski definition) is 3. The van der Waals surface area contributed by atoms with Crippen LogP contribution >= 0.6 is 0 Å². The highest BCUT2D eigenvalue weighted by atomic mass is 15.3. The van der Waals surface area contributed by atoms with Gasteiger partial charge in [0.1, 0.15) is 11.6 Å². The first kappa shape index (κ1) is 28.7. The minimum Gasteiger partial charge on any atom is -0.364 e. The van der Waals surface area contributed by atoms with Crippen molar-refractivity contribution in [1.29, 1.82) is 0 Å². The Bertz CT molecular complexity index is 1510. The van der Waals surface area contributed by atoms with Crippen molar-refractivity contribution >= 4 is 42.2 Å². The fourth-order valence-corrected chi connectivity index (χ4v) is 5.61. The molecule has 41 heavy (non-hydrogen) atoms. The van der Waals surface area contributed by atoms with E-state index < -0.39 is 0 Å². The Labute approximate surface area is 243 Å². The van der Waals surface area contributed by atoms with Crippen molar-refractivity contribution in [2.45, 2.75) is 78.3 Å². The van der Waals surface area contributed by atoms with Crippen LogP contribution in [0, 0.1) is 5.92 Å². The second kappa shape index (κ2) is 12.8. The molecule has 2 aromatic heterocycles. The number of nitrogens with one attached hydrogen (secondary N) is 3. The lowest BCUT2D eigenvalue weighted by Crippen LogP contribution is -2.48. The quantitative estimate of drug-likeness (QED) is 0.337. The molecule has 0 bridgehead atoms. The molecule has 3 aliphatic heterocycles. The monoisotopic (exact) mass is 553 g/mol. The molecule has 9 nitrogen and oxygen atoms in total. The molecule has 1 saturated carbocycles. The first-order valence-electron chi connectivity index (χ1n) is 15.0. The fraction of sp³-hybridized carbons (Fsp3) is 0.469. The van der Waals surface area contributed by atoms with Crippen molar-refractivity contribution in [3.05, 3.63) is 58.0 Å². The maximum absolute atomic E-state index is 5.19. The third-order valence-corrected chi connectivity index (χ3v) is 8.05. The number of aromatic nitrogens is 4. The SMILES string of the molecule is C=N/C(=C\C(=C/C)c1nc(NC2(C)CCNCC2)c2c(n1)=CN=CCC=2C1CC1)NC1=Cc2ccnn2CC1.CC. The van der Waals surface area contributed by atoms with Gasteiger partial charge in [-0.05, 0) is 89.0 Å². The molecule has 0 spiro atoms. The van der Waals surface area contributed by atoms with Gasteiger partial charge < -0.3 is 16.0 Å². The minimum atomic E-state index is -0.0340. The molecular weight excluding hydrogens is 510 g/mol. The van der Waals surface area contributed by atoms with E-state index in [1.54, 1.807) is 0 Å².